The molecule has 1 amide bonds. The second-order valence-corrected chi connectivity index (χ2v) is 8.13. The highest BCUT2D eigenvalue weighted by Gasteiger charge is 2.12. The Morgan fingerprint density at radius 1 is 1.18 bits per heavy atom. The molecule has 11 heteroatoms. The van der Waals surface area contributed by atoms with Crippen LogP contribution in [0.1, 0.15) is 5.56 Å². The predicted octanol–water partition coefficient (Wildman–Crippen LogP) is 3.69. The number of aromatic nitrogens is 3. The highest BCUT2D eigenvalue weighted by atomic mass is 79.9. The second kappa shape index (κ2) is 9.71. The molecule has 3 rings (SSSR count). The highest BCUT2D eigenvalue weighted by Crippen LogP contribution is 2.22. The van der Waals surface area contributed by atoms with Crippen LogP contribution >= 0.6 is 43.6 Å². The van der Waals surface area contributed by atoms with Crippen LogP contribution in [-0.2, 0) is 4.79 Å². The Morgan fingerprint density at radius 2 is 1.93 bits per heavy atom. The summed E-state index contributed by atoms with van der Waals surface area (Å²) < 4.78 is 3.05. The van der Waals surface area contributed by atoms with E-state index in [4.69, 9.17) is 5.84 Å². The summed E-state index contributed by atoms with van der Waals surface area (Å²) in [5, 5.41) is 15.2. The monoisotopic (exact) mass is 523 g/mol. The lowest BCUT2D eigenvalue weighted by molar-refractivity contribution is -0.113. The molecule has 144 valence electrons. The number of nitrogens with zero attached hydrogens (tertiary/aromatic N) is 4. The fraction of sp³-hybridized carbons (Fsp3) is 0.0588. The number of nitrogens with two attached hydrogens (primary N) is 1. The molecular weight excluding hydrogens is 510 g/mol. The quantitative estimate of drug-likeness (QED) is 0.188. The first-order valence-corrected chi connectivity index (χ1v) is 10.5. The minimum atomic E-state index is -0.178. The summed E-state index contributed by atoms with van der Waals surface area (Å²) in [6.45, 7) is 0. The average molecular weight is 525 g/mol. The number of halogens is 2. The number of carbonyl (C=O) groups excluding carboxylic acids is 1. The van der Waals surface area contributed by atoms with Crippen molar-refractivity contribution in [3.8, 4) is 0 Å². The standard InChI is InChI=1S/C17H15Br2N7OS/c18-12-7-5-11(6-8-12)9-21-23-16-24-25-17(26(16)20)28-10-15(27)22-14-4-2-1-3-13(14)19/h1-9H,10,20H2,(H,22,27)(H,23,24)/b21-9+. The molecular formula is C17H15Br2N7OS. The normalized spacial score (nSPS) is 10.9. The van der Waals surface area contributed by atoms with Gasteiger partial charge in [-0.25, -0.2) is 10.1 Å². The van der Waals surface area contributed by atoms with E-state index in [0.29, 0.717) is 10.8 Å². The van der Waals surface area contributed by atoms with Gasteiger partial charge < -0.3 is 11.2 Å². The topological polar surface area (TPSA) is 110 Å². The van der Waals surface area contributed by atoms with E-state index in [1.165, 1.54) is 16.4 Å². The van der Waals surface area contributed by atoms with Crippen molar-refractivity contribution < 1.29 is 4.79 Å². The number of anilines is 2. The molecule has 28 heavy (non-hydrogen) atoms. The Morgan fingerprint density at radius 3 is 2.68 bits per heavy atom. The molecule has 1 aromatic heterocycles. The molecule has 3 aromatic rings. The van der Waals surface area contributed by atoms with Gasteiger partial charge in [0.05, 0.1) is 17.7 Å². The average Bonchev–Trinajstić information content (AvgIpc) is 3.03. The molecule has 0 spiro atoms. The van der Waals surface area contributed by atoms with Gasteiger partial charge in [-0.1, -0.05) is 52.0 Å². The van der Waals surface area contributed by atoms with Crippen LogP contribution in [0.2, 0.25) is 0 Å². The Bertz CT molecular complexity index is 991. The summed E-state index contributed by atoms with van der Waals surface area (Å²) in [5.74, 6) is 6.18. The number of hydrogen-bond acceptors (Lipinski definition) is 7. The van der Waals surface area contributed by atoms with Crippen LogP contribution < -0.4 is 16.6 Å². The van der Waals surface area contributed by atoms with E-state index in [2.05, 4.69) is 57.9 Å². The lowest BCUT2D eigenvalue weighted by Gasteiger charge is -2.06. The number of nitrogen functional groups attached to an aromatic ring is 1. The first kappa shape index (κ1) is 20.4. The van der Waals surface area contributed by atoms with E-state index in [1.807, 2.05) is 48.5 Å². The first-order chi connectivity index (χ1) is 13.5. The van der Waals surface area contributed by atoms with Gasteiger partial charge in [0, 0.05) is 8.95 Å². The maximum Gasteiger partial charge on any atom is 0.264 e. The van der Waals surface area contributed by atoms with Crippen LogP contribution in [0.15, 0.2) is 67.7 Å². The Labute approximate surface area is 182 Å². The van der Waals surface area contributed by atoms with Crippen LogP contribution in [0.5, 0.6) is 0 Å². The summed E-state index contributed by atoms with van der Waals surface area (Å²) in [5.41, 5.74) is 4.35. The smallest absolute Gasteiger partial charge is 0.264 e. The zero-order chi connectivity index (χ0) is 19.9. The van der Waals surface area contributed by atoms with Crippen molar-refractivity contribution in [2.45, 2.75) is 5.16 Å². The zero-order valence-corrected chi connectivity index (χ0v) is 18.3. The molecule has 0 aliphatic carbocycles. The number of hydrazone groups is 1. The third-order valence-corrected chi connectivity index (χ3v) is 5.56. The minimum Gasteiger partial charge on any atom is -0.334 e. The van der Waals surface area contributed by atoms with Crippen molar-refractivity contribution in [3.63, 3.8) is 0 Å². The van der Waals surface area contributed by atoms with Crippen molar-refractivity contribution in [2.24, 2.45) is 5.10 Å². The molecule has 0 fully saturated rings. The number of hydrogen-bond donors (Lipinski definition) is 3. The number of carbonyl (C=O) groups is 1. The number of amides is 1. The molecule has 0 saturated carbocycles. The molecule has 0 aliphatic rings. The number of thioether (sulfide) groups is 1. The van der Waals surface area contributed by atoms with Gasteiger partial charge in [0.2, 0.25) is 11.1 Å². The SMILES string of the molecule is Nn1c(N/N=C/c2ccc(Br)cc2)nnc1SCC(=O)Nc1ccccc1Br. The molecule has 0 bridgehead atoms. The van der Waals surface area contributed by atoms with E-state index < -0.39 is 0 Å². The molecule has 4 N–H and O–H groups in total. The van der Waals surface area contributed by atoms with Crippen LogP contribution in [0, 0.1) is 0 Å². The van der Waals surface area contributed by atoms with E-state index in [-0.39, 0.29) is 17.6 Å². The first-order valence-electron chi connectivity index (χ1n) is 7.95. The van der Waals surface area contributed by atoms with Gasteiger partial charge in [0.25, 0.3) is 5.95 Å². The zero-order valence-electron chi connectivity index (χ0n) is 14.3. The van der Waals surface area contributed by atoms with Gasteiger partial charge in [-0.05, 0) is 45.8 Å². The maximum atomic E-state index is 12.1. The van der Waals surface area contributed by atoms with E-state index in [9.17, 15) is 4.79 Å². The summed E-state index contributed by atoms with van der Waals surface area (Å²) in [6.07, 6.45) is 1.64. The lowest BCUT2D eigenvalue weighted by atomic mass is 10.2. The molecule has 0 atom stereocenters. The molecule has 8 nitrogen and oxygen atoms in total. The Balaban J connectivity index is 1.53. The maximum absolute atomic E-state index is 12.1. The fourth-order valence-electron chi connectivity index (χ4n) is 2.04. The fourth-order valence-corrected chi connectivity index (χ4v) is 3.35. The van der Waals surface area contributed by atoms with Gasteiger partial charge in [0.1, 0.15) is 0 Å². The third-order valence-electron chi connectivity index (χ3n) is 3.39. The van der Waals surface area contributed by atoms with Gasteiger partial charge in [-0.2, -0.15) is 5.10 Å². The van der Waals surface area contributed by atoms with Crippen LogP contribution in [0.3, 0.4) is 0 Å². The number of benzene rings is 2. The van der Waals surface area contributed by atoms with Crippen molar-refractivity contribution in [3.05, 3.63) is 63.0 Å². The highest BCUT2D eigenvalue weighted by molar-refractivity contribution is 9.10. The third kappa shape index (κ3) is 5.57. The van der Waals surface area contributed by atoms with Crippen molar-refractivity contribution in [1.82, 2.24) is 14.9 Å². The Hall–Kier alpha value is -2.37. The van der Waals surface area contributed by atoms with Gasteiger partial charge >= 0.3 is 0 Å². The number of rotatable bonds is 7. The van der Waals surface area contributed by atoms with Crippen LogP contribution in [0.25, 0.3) is 0 Å². The molecule has 1 heterocycles. The molecule has 2 aromatic carbocycles. The van der Waals surface area contributed by atoms with E-state index in [1.54, 1.807) is 6.21 Å². The van der Waals surface area contributed by atoms with Crippen LogP contribution in [0.4, 0.5) is 11.6 Å². The molecule has 0 radical (unpaired) electrons. The summed E-state index contributed by atoms with van der Waals surface area (Å²) >= 11 is 7.94. The molecule has 0 saturated heterocycles. The van der Waals surface area contributed by atoms with Crippen molar-refractivity contribution in [1.29, 1.82) is 0 Å². The Kier molecular flexibility index (Phi) is 7.06. The van der Waals surface area contributed by atoms with E-state index >= 15 is 0 Å². The largest absolute Gasteiger partial charge is 0.334 e. The second-order valence-electron chi connectivity index (χ2n) is 5.41. The van der Waals surface area contributed by atoms with Gasteiger partial charge in [-0.15, -0.1) is 10.2 Å². The van der Waals surface area contributed by atoms with Crippen molar-refractivity contribution >= 4 is 67.4 Å². The van der Waals surface area contributed by atoms with Crippen LogP contribution in [-0.4, -0.2) is 32.7 Å². The van der Waals surface area contributed by atoms with Crippen molar-refractivity contribution in [2.75, 3.05) is 22.3 Å². The molecule has 0 unspecified atom stereocenters. The number of para-hydroxylation sites is 1. The summed E-state index contributed by atoms with van der Waals surface area (Å²) in [4.78, 5) is 12.1. The molecule has 0 aliphatic heterocycles. The van der Waals surface area contributed by atoms with Gasteiger partial charge in [-0.3, -0.25) is 4.79 Å². The summed E-state index contributed by atoms with van der Waals surface area (Å²) in [6, 6.07) is 15.0. The van der Waals surface area contributed by atoms with E-state index in [0.717, 1.165) is 14.5 Å². The number of nitrogens with one attached hydrogen (secondary N) is 2. The summed E-state index contributed by atoms with van der Waals surface area (Å²) in [7, 11) is 0. The minimum absolute atomic E-state index is 0.138. The lowest BCUT2D eigenvalue weighted by Crippen LogP contribution is -2.17. The van der Waals surface area contributed by atoms with Gasteiger partial charge in [0.15, 0.2) is 0 Å². The predicted molar refractivity (Wildman–Crippen MR) is 119 cm³/mol.